The smallest absolute Gasteiger partial charge is 0.0621 e. The highest BCUT2D eigenvalue weighted by Gasteiger charge is 2.34. The molecule has 3 rings (SSSR count). The van der Waals surface area contributed by atoms with Gasteiger partial charge in [-0.25, -0.2) is 0 Å². The van der Waals surface area contributed by atoms with Crippen molar-refractivity contribution in [2.45, 2.75) is 135 Å². The predicted octanol–water partition coefficient (Wildman–Crippen LogP) is 9.07. The highest BCUT2D eigenvalue weighted by atomic mass is 14.4. The lowest BCUT2D eigenvalue weighted by Gasteiger charge is -2.41. The van der Waals surface area contributed by atoms with E-state index in [0.29, 0.717) is 0 Å². The van der Waals surface area contributed by atoms with Crippen molar-refractivity contribution in [1.82, 2.24) is 0 Å². The summed E-state index contributed by atoms with van der Waals surface area (Å²) in [6.07, 6.45) is 28.8. The summed E-state index contributed by atoms with van der Waals surface area (Å²) in [4.78, 5) is 0. The van der Waals surface area contributed by atoms with Gasteiger partial charge in [0, 0.05) is 6.42 Å². The first-order valence-corrected chi connectivity index (χ1v) is 13.7. The van der Waals surface area contributed by atoms with E-state index < -0.39 is 0 Å². The van der Waals surface area contributed by atoms with Gasteiger partial charge in [0.25, 0.3) is 0 Å². The molecule has 29 heavy (non-hydrogen) atoms. The summed E-state index contributed by atoms with van der Waals surface area (Å²) in [5.74, 6) is 6.34. The maximum atomic E-state index is 8.69. The Labute approximate surface area is 182 Å². The van der Waals surface area contributed by atoms with Crippen LogP contribution in [0.2, 0.25) is 0 Å². The van der Waals surface area contributed by atoms with E-state index in [4.69, 9.17) is 5.26 Å². The molecule has 0 heterocycles. The van der Waals surface area contributed by atoms with Gasteiger partial charge in [0.15, 0.2) is 0 Å². The van der Waals surface area contributed by atoms with Crippen molar-refractivity contribution in [2.75, 3.05) is 0 Å². The molecule has 0 amide bonds. The lowest BCUT2D eigenvalue weighted by molar-refractivity contribution is 0.102. The van der Waals surface area contributed by atoms with Crippen LogP contribution in [0.3, 0.4) is 0 Å². The molecule has 3 saturated carbocycles. The van der Waals surface area contributed by atoms with E-state index in [1.165, 1.54) is 64.2 Å². The molecule has 0 bridgehead atoms. The predicted molar refractivity (Wildman–Crippen MR) is 125 cm³/mol. The lowest BCUT2D eigenvalue weighted by Crippen LogP contribution is -2.29. The van der Waals surface area contributed by atoms with E-state index in [9.17, 15) is 0 Å². The molecule has 3 aliphatic rings. The molecule has 0 aromatic heterocycles. The molecule has 0 aromatic carbocycles. The zero-order valence-electron chi connectivity index (χ0n) is 19.6. The summed E-state index contributed by atoms with van der Waals surface area (Å²) in [5, 5.41) is 8.69. The first kappa shape index (κ1) is 23.2. The van der Waals surface area contributed by atoms with Crippen LogP contribution in [0.15, 0.2) is 0 Å². The second kappa shape index (κ2) is 13.0. The van der Waals surface area contributed by atoms with Gasteiger partial charge in [0.2, 0.25) is 0 Å². The molecule has 3 fully saturated rings. The molecular formula is C28H49N. The first-order chi connectivity index (χ1) is 14.3. The molecular weight excluding hydrogens is 350 g/mol. The van der Waals surface area contributed by atoms with Crippen LogP contribution in [0.1, 0.15) is 135 Å². The number of hydrogen-bond acceptors (Lipinski definition) is 1. The van der Waals surface area contributed by atoms with Gasteiger partial charge >= 0.3 is 0 Å². The minimum absolute atomic E-state index is 0.763. The van der Waals surface area contributed by atoms with Crippen molar-refractivity contribution in [3.05, 3.63) is 0 Å². The summed E-state index contributed by atoms with van der Waals surface area (Å²) in [6, 6.07) is 2.29. The Morgan fingerprint density at radius 2 is 0.931 bits per heavy atom. The summed E-state index contributed by atoms with van der Waals surface area (Å²) in [6.45, 7) is 2.33. The first-order valence-electron chi connectivity index (χ1n) is 13.7. The van der Waals surface area contributed by atoms with Gasteiger partial charge in [-0.05, 0) is 93.3 Å². The fourth-order valence-corrected chi connectivity index (χ4v) is 7.30. The SMILES string of the molecule is CCCCCC1CCC(C2CCC(C3CCC(CCCCC#N)CC3)CC2)CC1. The highest BCUT2D eigenvalue weighted by Crippen LogP contribution is 2.46. The molecule has 0 aromatic rings. The molecule has 1 heteroatoms. The van der Waals surface area contributed by atoms with E-state index in [-0.39, 0.29) is 0 Å². The average molecular weight is 400 g/mol. The van der Waals surface area contributed by atoms with Crippen LogP contribution in [0.5, 0.6) is 0 Å². The number of hydrogen-bond donors (Lipinski definition) is 0. The van der Waals surface area contributed by atoms with E-state index in [0.717, 1.165) is 48.3 Å². The Balaban J connectivity index is 1.28. The molecule has 0 aliphatic heterocycles. The summed E-state index contributed by atoms with van der Waals surface area (Å²) < 4.78 is 0. The van der Waals surface area contributed by atoms with Gasteiger partial charge < -0.3 is 0 Å². The van der Waals surface area contributed by atoms with Crippen molar-refractivity contribution in [2.24, 2.45) is 35.5 Å². The molecule has 0 atom stereocenters. The van der Waals surface area contributed by atoms with Crippen LogP contribution >= 0.6 is 0 Å². The van der Waals surface area contributed by atoms with Gasteiger partial charge in [-0.2, -0.15) is 5.26 Å². The van der Waals surface area contributed by atoms with E-state index in [2.05, 4.69) is 13.0 Å². The zero-order valence-corrected chi connectivity index (χ0v) is 19.6. The van der Waals surface area contributed by atoms with Gasteiger partial charge in [-0.15, -0.1) is 0 Å². The fraction of sp³-hybridized carbons (Fsp3) is 0.964. The van der Waals surface area contributed by atoms with Gasteiger partial charge in [-0.1, -0.05) is 71.1 Å². The third-order valence-electron chi connectivity index (χ3n) is 9.30. The van der Waals surface area contributed by atoms with E-state index in [1.54, 1.807) is 51.4 Å². The topological polar surface area (TPSA) is 23.8 Å². The van der Waals surface area contributed by atoms with Crippen LogP contribution in [-0.4, -0.2) is 0 Å². The highest BCUT2D eigenvalue weighted by molar-refractivity contribution is 4.86. The normalized spacial score (nSPS) is 35.9. The maximum Gasteiger partial charge on any atom is 0.0621 e. The molecule has 0 unspecified atom stereocenters. The Morgan fingerprint density at radius 1 is 0.552 bits per heavy atom. The third-order valence-corrected chi connectivity index (χ3v) is 9.30. The number of rotatable bonds is 10. The Bertz CT molecular complexity index is 453. The summed E-state index contributed by atoms with van der Waals surface area (Å²) in [5.41, 5.74) is 0. The molecule has 3 aliphatic carbocycles. The van der Waals surface area contributed by atoms with Crippen molar-refractivity contribution >= 4 is 0 Å². The van der Waals surface area contributed by atoms with Crippen LogP contribution < -0.4 is 0 Å². The van der Waals surface area contributed by atoms with E-state index in [1.807, 2.05) is 0 Å². The second-order valence-electron chi connectivity index (χ2n) is 11.1. The third kappa shape index (κ3) is 7.60. The van der Waals surface area contributed by atoms with E-state index >= 15 is 0 Å². The van der Waals surface area contributed by atoms with Gasteiger partial charge in [0.1, 0.15) is 0 Å². The average Bonchev–Trinajstić information content (AvgIpc) is 2.78. The Hall–Kier alpha value is -0.510. The van der Waals surface area contributed by atoms with Crippen molar-refractivity contribution in [3.63, 3.8) is 0 Å². The summed E-state index contributed by atoms with van der Waals surface area (Å²) >= 11 is 0. The van der Waals surface area contributed by atoms with Gasteiger partial charge in [0.05, 0.1) is 6.07 Å². The van der Waals surface area contributed by atoms with Crippen LogP contribution in [0.4, 0.5) is 0 Å². The van der Waals surface area contributed by atoms with Crippen LogP contribution in [0, 0.1) is 46.8 Å². The Morgan fingerprint density at radius 3 is 1.31 bits per heavy atom. The number of unbranched alkanes of at least 4 members (excludes halogenated alkanes) is 4. The summed E-state index contributed by atoms with van der Waals surface area (Å²) in [7, 11) is 0. The minimum atomic E-state index is 0.763. The van der Waals surface area contributed by atoms with Crippen molar-refractivity contribution in [1.29, 1.82) is 5.26 Å². The van der Waals surface area contributed by atoms with Crippen molar-refractivity contribution < 1.29 is 0 Å². The zero-order chi connectivity index (χ0) is 20.3. The lowest BCUT2D eigenvalue weighted by atomic mass is 9.64. The van der Waals surface area contributed by atoms with Crippen molar-refractivity contribution in [3.8, 4) is 6.07 Å². The molecule has 0 radical (unpaired) electrons. The molecule has 1 nitrogen and oxygen atoms in total. The second-order valence-corrected chi connectivity index (χ2v) is 11.1. The molecule has 0 N–H and O–H groups in total. The molecule has 166 valence electrons. The quantitative estimate of drug-likeness (QED) is 0.336. The molecule has 0 spiro atoms. The monoisotopic (exact) mass is 399 g/mol. The van der Waals surface area contributed by atoms with Crippen LogP contribution in [-0.2, 0) is 0 Å². The van der Waals surface area contributed by atoms with Crippen LogP contribution in [0.25, 0.3) is 0 Å². The number of nitrogens with zero attached hydrogens (tertiary/aromatic N) is 1. The molecule has 0 saturated heterocycles. The number of nitriles is 1. The fourth-order valence-electron chi connectivity index (χ4n) is 7.30. The standard InChI is InChI=1S/C28H49N/c1-2-3-5-8-23-10-14-25(15-11-23)27-18-20-28(21-19-27)26-16-12-24(13-17-26)9-6-4-7-22-29/h23-28H,2-21H2,1H3. The van der Waals surface area contributed by atoms with Gasteiger partial charge in [-0.3, -0.25) is 0 Å². The Kier molecular flexibility index (Phi) is 10.4. The maximum absolute atomic E-state index is 8.69. The largest absolute Gasteiger partial charge is 0.198 e. The minimum Gasteiger partial charge on any atom is -0.198 e.